The third-order valence-corrected chi connectivity index (χ3v) is 9.71. The molecule has 0 spiro atoms. The maximum absolute atomic E-state index is 13.4. The van der Waals surface area contributed by atoms with Crippen LogP contribution in [0.2, 0.25) is 0 Å². The molecule has 2 aromatic rings. The maximum Gasteiger partial charge on any atom is 0.407 e. The van der Waals surface area contributed by atoms with Crippen molar-refractivity contribution in [2.24, 2.45) is 5.11 Å². The normalized spacial score (nSPS) is 30.4. The van der Waals surface area contributed by atoms with E-state index >= 15 is 0 Å². The number of amides is 1. The Balaban J connectivity index is 1.59. The summed E-state index contributed by atoms with van der Waals surface area (Å²) in [6.45, 7) is 2.25. The molecule has 0 saturated carbocycles. The van der Waals surface area contributed by atoms with Crippen molar-refractivity contribution in [3.63, 3.8) is 0 Å². The van der Waals surface area contributed by atoms with Crippen LogP contribution in [0.15, 0.2) is 70.7 Å². The highest BCUT2D eigenvalue weighted by Crippen LogP contribution is 2.42. The molecule has 21 heteroatoms. The first-order valence-corrected chi connectivity index (χ1v) is 18.8. The van der Waals surface area contributed by atoms with Gasteiger partial charge in [0, 0.05) is 36.1 Å². The lowest BCUT2D eigenvalue weighted by atomic mass is 9.94. The van der Waals surface area contributed by atoms with Gasteiger partial charge in [0.15, 0.2) is 24.8 Å². The number of thioether (sulfide) groups is 1. The van der Waals surface area contributed by atoms with Crippen LogP contribution >= 0.6 is 46.6 Å². The van der Waals surface area contributed by atoms with Gasteiger partial charge in [0.2, 0.25) is 3.79 Å². The van der Waals surface area contributed by atoms with E-state index in [-0.39, 0.29) is 6.61 Å². The molecule has 0 radical (unpaired) electrons. The Bertz CT molecular complexity index is 1690. The van der Waals surface area contributed by atoms with Gasteiger partial charge in [-0.25, -0.2) is 4.79 Å². The summed E-state index contributed by atoms with van der Waals surface area (Å²) in [5.41, 5.74) is 9.44. The molecular formula is C34H37Cl3N4O13S. The molecule has 5 rings (SSSR count). The number of carbonyl (C=O) groups excluding carboxylic acids is 4. The molecule has 17 nitrogen and oxygen atoms in total. The largest absolute Gasteiger partial charge is 0.463 e. The molecule has 3 aliphatic heterocycles. The second-order valence-corrected chi connectivity index (χ2v) is 16.0. The Kier molecular flexibility index (Phi) is 15.1. The molecule has 0 bridgehead atoms. The molecule has 3 saturated heterocycles. The first kappa shape index (κ1) is 42.6. The molecule has 11 atom stereocenters. The molecule has 3 fully saturated rings. The molecule has 1 N–H and O–H groups in total. The van der Waals surface area contributed by atoms with E-state index in [2.05, 4.69) is 15.3 Å². The van der Waals surface area contributed by atoms with Crippen LogP contribution in [-0.4, -0.2) is 108 Å². The lowest BCUT2D eigenvalue weighted by Gasteiger charge is -2.51. The predicted octanol–water partition coefficient (Wildman–Crippen LogP) is 5.30. The molecule has 1 amide bonds. The minimum absolute atomic E-state index is 0.00530. The van der Waals surface area contributed by atoms with Gasteiger partial charge >= 0.3 is 24.0 Å². The van der Waals surface area contributed by atoms with E-state index < -0.39 is 108 Å². The maximum atomic E-state index is 13.4. The number of nitrogens with zero attached hydrogens (tertiary/aromatic N) is 3. The molecule has 1 unspecified atom stereocenters. The number of alkyl halides is 3. The third kappa shape index (κ3) is 12.0. The number of hydrogen-bond acceptors (Lipinski definition) is 15. The number of rotatable bonds is 12. The van der Waals surface area contributed by atoms with Gasteiger partial charge in [-0.2, -0.15) is 0 Å². The highest BCUT2D eigenvalue weighted by Gasteiger charge is 2.56. The van der Waals surface area contributed by atoms with Crippen molar-refractivity contribution >= 4 is 70.6 Å². The lowest BCUT2D eigenvalue weighted by molar-refractivity contribution is -0.343. The number of nitrogens with one attached hydrogen (secondary N) is 1. The fourth-order valence-corrected chi connectivity index (χ4v) is 7.37. The topological polar surface area (TPSA) is 212 Å². The van der Waals surface area contributed by atoms with Crippen LogP contribution in [0.25, 0.3) is 10.4 Å². The Morgan fingerprint density at radius 1 is 0.891 bits per heavy atom. The quantitative estimate of drug-likeness (QED) is 0.0718. The summed E-state index contributed by atoms with van der Waals surface area (Å²) >= 11 is 18.8. The summed E-state index contributed by atoms with van der Waals surface area (Å²) in [6, 6.07) is 15.4. The average molecular weight is 848 g/mol. The van der Waals surface area contributed by atoms with Gasteiger partial charge in [-0.3, -0.25) is 14.4 Å². The monoisotopic (exact) mass is 846 g/mol. The fraction of sp³-hybridized carbons (Fsp3) is 0.529. The van der Waals surface area contributed by atoms with Crippen molar-refractivity contribution in [1.29, 1.82) is 0 Å². The summed E-state index contributed by atoms with van der Waals surface area (Å²) in [5.74, 6) is -2.32. The second-order valence-electron chi connectivity index (χ2n) is 12.3. The van der Waals surface area contributed by atoms with E-state index in [1.165, 1.54) is 11.8 Å². The Morgan fingerprint density at radius 3 is 2.16 bits per heavy atom. The number of esters is 3. The highest BCUT2D eigenvalue weighted by molar-refractivity contribution is 7.99. The van der Waals surface area contributed by atoms with Gasteiger partial charge in [-0.15, -0.1) is 0 Å². The summed E-state index contributed by atoms with van der Waals surface area (Å²) in [5, 5.41) is 6.60. The van der Waals surface area contributed by atoms with Gasteiger partial charge in [0.1, 0.15) is 49.1 Å². The van der Waals surface area contributed by atoms with E-state index in [0.29, 0.717) is 5.56 Å². The van der Waals surface area contributed by atoms with Crippen LogP contribution in [0.4, 0.5) is 4.79 Å². The van der Waals surface area contributed by atoms with Crippen LogP contribution in [0.1, 0.15) is 32.6 Å². The second kappa shape index (κ2) is 19.5. The SMILES string of the molecule is CC(=O)OC[C@H]1O[C@H](O[C@@H]2[C@@H](NC(=O)OCC(Cl)(Cl)Cl)[C@H](Sc3ccccc3)O[C@@H]3COC(c4ccccc4)O[C@@H]23)[C@H](N=[N+]=[N-])[C@@H](OC(C)=O)[C@@H]1OC(C)=O. The van der Waals surface area contributed by atoms with Crippen LogP contribution in [0.3, 0.4) is 0 Å². The Labute approximate surface area is 334 Å². The van der Waals surface area contributed by atoms with Gasteiger partial charge in [-0.05, 0) is 17.7 Å². The molecule has 55 heavy (non-hydrogen) atoms. The molecule has 0 aromatic heterocycles. The van der Waals surface area contributed by atoms with Gasteiger partial charge < -0.3 is 47.9 Å². The van der Waals surface area contributed by atoms with E-state index in [4.69, 9.17) is 77.4 Å². The van der Waals surface area contributed by atoms with Gasteiger partial charge in [0.05, 0.1) is 12.6 Å². The number of benzene rings is 2. The van der Waals surface area contributed by atoms with E-state index in [1.807, 2.05) is 36.4 Å². The molecule has 0 aliphatic carbocycles. The summed E-state index contributed by atoms with van der Waals surface area (Å²) in [7, 11) is 0. The van der Waals surface area contributed by atoms with Crippen LogP contribution < -0.4 is 5.32 Å². The minimum Gasteiger partial charge on any atom is -0.463 e. The highest BCUT2D eigenvalue weighted by atomic mass is 35.6. The first-order valence-electron chi connectivity index (χ1n) is 16.7. The number of ether oxygens (including phenoxy) is 9. The van der Waals surface area contributed by atoms with E-state index in [0.717, 1.165) is 25.7 Å². The lowest BCUT2D eigenvalue weighted by Crippen LogP contribution is -2.69. The standard InChI is InChI=1S/C34H37Cl3N4O13S/c1-17(42)46-14-22-26(49-18(2)43)28(50-19(3)44)24(40-41-38)31(51-22)54-29-25(39-33(45)48-16-34(35,36)37)32(55-21-12-8-5-9-13-21)52-23-15-47-30(53-27(23)29)20-10-6-4-7-11-20/h4-13,22-32H,14-16H2,1-3H3,(H,39,45)/t22-,23-,24-,25-,26-,27-,28-,29-,30?,31-,32+/m1/s1. The number of alkyl carbamates (subject to hydrolysis) is 1. The van der Waals surface area contributed by atoms with Crippen molar-refractivity contribution in [2.45, 2.75) is 96.2 Å². The number of carbonyl (C=O) groups is 4. The van der Waals surface area contributed by atoms with Crippen molar-refractivity contribution in [3.8, 4) is 0 Å². The summed E-state index contributed by atoms with van der Waals surface area (Å²) in [4.78, 5) is 53.7. The molecule has 3 aliphatic rings. The number of azide groups is 1. The summed E-state index contributed by atoms with van der Waals surface area (Å²) in [6.07, 6.45) is -10.9. The number of halogens is 3. The smallest absolute Gasteiger partial charge is 0.407 e. The van der Waals surface area contributed by atoms with Crippen LogP contribution in [0, 0.1) is 0 Å². The summed E-state index contributed by atoms with van der Waals surface area (Å²) < 4.78 is 51.6. The van der Waals surface area contributed by atoms with Crippen LogP contribution in [0.5, 0.6) is 0 Å². The van der Waals surface area contributed by atoms with Gasteiger partial charge in [0.25, 0.3) is 0 Å². The van der Waals surface area contributed by atoms with Crippen molar-refractivity contribution in [1.82, 2.24) is 5.32 Å². The average Bonchev–Trinajstić information content (AvgIpc) is 3.13. The van der Waals surface area contributed by atoms with Crippen molar-refractivity contribution < 1.29 is 61.8 Å². The zero-order valence-corrected chi connectivity index (χ0v) is 32.5. The zero-order chi connectivity index (χ0) is 39.7. The molecule has 3 heterocycles. The van der Waals surface area contributed by atoms with Crippen molar-refractivity contribution in [3.05, 3.63) is 76.7 Å². The van der Waals surface area contributed by atoms with Gasteiger partial charge in [-0.1, -0.05) is 100 Å². The predicted molar refractivity (Wildman–Crippen MR) is 194 cm³/mol. The first-order chi connectivity index (χ1) is 26.2. The number of fused-ring (bicyclic) bond motifs is 1. The van der Waals surface area contributed by atoms with Crippen LogP contribution in [-0.2, 0) is 57.0 Å². The minimum atomic E-state index is -1.94. The molecule has 2 aromatic carbocycles. The van der Waals surface area contributed by atoms with E-state index in [1.54, 1.807) is 24.3 Å². The molecule has 298 valence electrons. The van der Waals surface area contributed by atoms with Crippen molar-refractivity contribution in [2.75, 3.05) is 19.8 Å². The molecular weight excluding hydrogens is 811 g/mol. The Morgan fingerprint density at radius 2 is 1.55 bits per heavy atom. The fourth-order valence-electron chi connectivity index (χ4n) is 6.06. The number of hydrogen-bond donors (Lipinski definition) is 1. The van der Waals surface area contributed by atoms with E-state index in [9.17, 15) is 24.7 Å². The zero-order valence-electron chi connectivity index (χ0n) is 29.4. The third-order valence-electron chi connectivity index (χ3n) is 8.20. The Hall–Kier alpha value is -3.55.